The molecule has 0 atom stereocenters. The first-order chi connectivity index (χ1) is 17.8. The summed E-state index contributed by atoms with van der Waals surface area (Å²) >= 11 is 5.98. The Balaban J connectivity index is 1.40. The molecule has 3 aromatic heterocycles. The van der Waals surface area contributed by atoms with Crippen LogP contribution in [0.5, 0.6) is 11.5 Å². The Morgan fingerprint density at radius 2 is 1.81 bits per heavy atom. The Kier molecular flexibility index (Phi) is 6.50. The molecule has 0 spiro atoms. The number of hydrogen-bond donors (Lipinski definition) is 1. The molecule has 3 heterocycles. The highest BCUT2D eigenvalue weighted by Crippen LogP contribution is 2.31. The van der Waals surface area contributed by atoms with E-state index < -0.39 is 22.8 Å². The minimum atomic E-state index is -0.680. The summed E-state index contributed by atoms with van der Waals surface area (Å²) in [6.45, 7) is 1.69. The summed E-state index contributed by atoms with van der Waals surface area (Å²) in [5.74, 6) is -1.31. The quantitative estimate of drug-likeness (QED) is 0.207. The van der Waals surface area contributed by atoms with Crippen molar-refractivity contribution in [1.82, 2.24) is 15.0 Å². The molecular formula is C28H18ClF2N3O3. The van der Waals surface area contributed by atoms with Gasteiger partial charge in [0.2, 0.25) is 0 Å². The molecule has 1 N–H and O–H groups in total. The van der Waals surface area contributed by atoms with Gasteiger partial charge in [-0.05, 0) is 54.4 Å². The number of fused-ring (bicyclic) bond motifs is 1. The monoisotopic (exact) mass is 517 g/mol. The molecule has 0 saturated carbocycles. The fourth-order valence-electron chi connectivity index (χ4n) is 4.02. The molecule has 5 rings (SSSR count). The molecule has 9 heteroatoms. The molecule has 0 aliphatic rings. The zero-order valence-corrected chi connectivity index (χ0v) is 20.1. The molecule has 0 amide bonds. The van der Waals surface area contributed by atoms with Crippen LogP contribution < -0.4 is 10.2 Å². The van der Waals surface area contributed by atoms with Crippen molar-refractivity contribution in [1.29, 1.82) is 0 Å². The van der Waals surface area contributed by atoms with Gasteiger partial charge in [0, 0.05) is 35.5 Å². The molecule has 0 saturated heterocycles. The lowest BCUT2D eigenvalue weighted by Gasteiger charge is -2.11. The fourth-order valence-corrected chi connectivity index (χ4v) is 4.18. The number of ether oxygens (including phenoxy) is 1. The van der Waals surface area contributed by atoms with E-state index in [0.29, 0.717) is 33.5 Å². The van der Waals surface area contributed by atoms with E-state index in [2.05, 4.69) is 15.0 Å². The van der Waals surface area contributed by atoms with Crippen LogP contribution in [0.2, 0.25) is 5.15 Å². The van der Waals surface area contributed by atoms with E-state index in [4.69, 9.17) is 16.3 Å². The lowest BCUT2D eigenvalue weighted by Crippen LogP contribution is -2.20. The first-order valence-electron chi connectivity index (χ1n) is 11.2. The van der Waals surface area contributed by atoms with Crippen molar-refractivity contribution in [3.63, 3.8) is 0 Å². The van der Waals surface area contributed by atoms with E-state index in [9.17, 15) is 18.4 Å². The topological polar surface area (TPSA) is 84.9 Å². The fraction of sp³-hybridized carbons (Fsp3) is 0.0714. The number of carbonyl (C=O) groups excluding carboxylic acids is 1. The standard InChI is InChI=1S/C28H18ClF2N3O3/c1-15-27(17-3-5-18(30)6-4-17)28(36)20(13-33-15)23(35)11-16-2-7-25(21(31)10-16)37-24-8-9-32-22-14-34-26(29)12-19(22)24/h2-10,12-14H,11H2,1H3,(H,33,36). The van der Waals surface area contributed by atoms with Crippen LogP contribution in [-0.2, 0) is 6.42 Å². The number of halogens is 3. The second-order valence-electron chi connectivity index (χ2n) is 8.34. The minimum Gasteiger partial charge on any atom is -0.454 e. The molecule has 184 valence electrons. The third-order valence-corrected chi connectivity index (χ3v) is 6.06. The third-order valence-electron chi connectivity index (χ3n) is 5.85. The summed E-state index contributed by atoms with van der Waals surface area (Å²) in [5.41, 5.74) is 1.66. The Labute approximate surface area is 214 Å². The minimum absolute atomic E-state index is 0.0524. The number of rotatable bonds is 6. The summed E-state index contributed by atoms with van der Waals surface area (Å²) in [7, 11) is 0. The number of nitrogens with one attached hydrogen (secondary N) is 1. The van der Waals surface area contributed by atoms with E-state index in [0.717, 1.165) is 0 Å². The van der Waals surface area contributed by atoms with Crippen LogP contribution >= 0.6 is 11.6 Å². The molecule has 0 bridgehead atoms. The summed E-state index contributed by atoms with van der Waals surface area (Å²) in [6, 6.07) is 12.8. The normalized spacial score (nSPS) is 11.0. The summed E-state index contributed by atoms with van der Waals surface area (Å²) < 4.78 is 34.0. The summed E-state index contributed by atoms with van der Waals surface area (Å²) in [5, 5.41) is 0.810. The van der Waals surface area contributed by atoms with Crippen LogP contribution in [-0.4, -0.2) is 20.7 Å². The number of aryl methyl sites for hydroxylation is 1. The second-order valence-corrected chi connectivity index (χ2v) is 8.73. The third kappa shape index (κ3) is 4.96. The molecule has 0 aliphatic carbocycles. The molecule has 0 fully saturated rings. The maximum atomic E-state index is 14.9. The SMILES string of the molecule is Cc1[nH]cc(C(=O)Cc2ccc(Oc3ccnc4cnc(Cl)cc34)c(F)c2)c(=O)c1-c1ccc(F)cc1. The van der Waals surface area contributed by atoms with Gasteiger partial charge in [0.25, 0.3) is 0 Å². The number of H-pyrrole nitrogens is 1. The molecular weight excluding hydrogens is 500 g/mol. The molecule has 0 radical (unpaired) electrons. The van der Waals surface area contributed by atoms with Crippen LogP contribution in [0.1, 0.15) is 21.6 Å². The van der Waals surface area contributed by atoms with Crippen LogP contribution in [0, 0.1) is 18.6 Å². The number of hydrogen-bond acceptors (Lipinski definition) is 5. The highest BCUT2D eigenvalue weighted by Gasteiger charge is 2.18. The van der Waals surface area contributed by atoms with E-state index in [1.165, 1.54) is 55.0 Å². The van der Waals surface area contributed by atoms with Crippen LogP contribution in [0.4, 0.5) is 8.78 Å². The predicted octanol–water partition coefficient (Wildman–Crippen LogP) is 6.44. The largest absolute Gasteiger partial charge is 0.454 e. The van der Waals surface area contributed by atoms with Crippen molar-refractivity contribution in [3.05, 3.63) is 117 Å². The number of ketones is 1. The van der Waals surface area contributed by atoms with E-state index >= 15 is 0 Å². The number of Topliss-reactive ketones (excluding diaryl/α,β-unsaturated/α-hetero) is 1. The molecule has 6 nitrogen and oxygen atoms in total. The smallest absolute Gasteiger partial charge is 0.200 e. The molecule has 5 aromatic rings. The average Bonchev–Trinajstić information content (AvgIpc) is 2.87. The Morgan fingerprint density at radius 1 is 1.03 bits per heavy atom. The van der Waals surface area contributed by atoms with E-state index in [-0.39, 0.29) is 28.5 Å². The maximum absolute atomic E-state index is 14.9. The van der Waals surface area contributed by atoms with Gasteiger partial charge in [-0.25, -0.2) is 13.8 Å². The van der Waals surface area contributed by atoms with Crippen molar-refractivity contribution in [2.24, 2.45) is 0 Å². The van der Waals surface area contributed by atoms with Gasteiger partial charge in [0.05, 0.1) is 17.3 Å². The molecule has 37 heavy (non-hydrogen) atoms. The summed E-state index contributed by atoms with van der Waals surface area (Å²) in [6.07, 6.45) is 4.14. The first-order valence-corrected chi connectivity index (χ1v) is 11.6. The number of aromatic nitrogens is 3. The van der Waals surface area contributed by atoms with Gasteiger partial charge < -0.3 is 9.72 Å². The number of aromatic amines is 1. The average molecular weight is 518 g/mol. The molecule has 0 unspecified atom stereocenters. The van der Waals surface area contributed by atoms with E-state index in [1.54, 1.807) is 25.1 Å². The maximum Gasteiger partial charge on any atom is 0.200 e. The van der Waals surface area contributed by atoms with Gasteiger partial charge in [-0.3, -0.25) is 14.6 Å². The number of nitrogens with zero attached hydrogens (tertiary/aromatic N) is 2. The first kappa shape index (κ1) is 24.3. The van der Waals surface area contributed by atoms with Gasteiger partial charge in [-0.1, -0.05) is 29.8 Å². The van der Waals surface area contributed by atoms with Crippen molar-refractivity contribution in [2.75, 3.05) is 0 Å². The number of benzene rings is 2. The van der Waals surface area contributed by atoms with Gasteiger partial charge in [-0.2, -0.15) is 0 Å². The van der Waals surface area contributed by atoms with Crippen LogP contribution in [0.15, 0.2) is 78.0 Å². The Morgan fingerprint density at radius 3 is 2.57 bits per heavy atom. The van der Waals surface area contributed by atoms with Gasteiger partial charge in [0.1, 0.15) is 16.7 Å². The lowest BCUT2D eigenvalue weighted by atomic mass is 9.98. The van der Waals surface area contributed by atoms with Gasteiger partial charge in [0.15, 0.2) is 22.8 Å². The van der Waals surface area contributed by atoms with Crippen LogP contribution in [0.3, 0.4) is 0 Å². The molecule has 2 aromatic carbocycles. The molecule has 0 aliphatic heterocycles. The van der Waals surface area contributed by atoms with Crippen molar-refractivity contribution < 1.29 is 18.3 Å². The summed E-state index contributed by atoms with van der Waals surface area (Å²) in [4.78, 5) is 37.2. The number of carbonyl (C=O) groups is 1. The predicted molar refractivity (Wildman–Crippen MR) is 136 cm³/mol. The number of pyridine rings is 3. The highest BCUT2D eigenvalue weighted by molar-refractivity contribution is 6.30. The van der Waals surface area contributed by atoms with Gasteiger partial charge >= 0.3 is 0 Å². The zero-order chi connectivity index (χ0) is 26.1. The van der Waals surface area contributed by atoms with E-state index in [1.807, 2.05) is 0 Å². The Hall–Kier alpha value is -4.43. The second kappa shape index (κ2) is 9.91. The van der Waals surface area contributed by atoms with Crippen molar-refractivity contribution in [2.45, 2.75) is 13.3 Å². The van der Waals surface area contributed by atoms with Crippen molar-refractivity contribution in [3.8, 4) is 22.6 Å². The zero-order valence-electron chi connectivity index (χ0n) is 19.4. The van der Waals surface area contributed by atoms with Crippen molar-refractivity contribution >= 4 is 28.3 Å². The Bertz CT molecular complexity index is 1720. The van der Waals surface area contributed by atoms with Crippen LogP contribution in [0.25, 0.3) is 22.0 Å². The van der Waals surface area contributed by atoms with Gasteiger partial charge in [-0.15, -0.1) is 0 Å². The lowest BCUT2D eigenvalue weighted by molar-refractivity contribution is 0.0991. The highest BCUT2D eigenvalue weighted by atomic mass is 35.5.